The second-order valence-electron chi connectivity index (χ2n) is 7.08. The normalized spacial score (nSPS) is 14.9. The minimum Gasteiger partial charge on any atom is -0.383 e. The SMILES string of the molecule is CNc1ccc(C(=O)N2CCC(n3c(=O)[nH]c4ccccc43)CC2)cc1[N+](=O)[O-]. The zero-order valence-electron chi connectivity index (χ0n) is 15.9. The van der Waals surface area contributed by atoms with Crippen molar-refractivity contribution in [1.29, 1.82) is 0 Å². The third-order valence-electron chi connectivity index (χ3n) is 5.45. The van der Waals surface area contributed by atoms with Crippen LogP contribution in [0.3, 0.4) is 0 Å². The van der Waals surface area contributed by atoms with Gasteiger partial charge in [-0.3, -0.25) is 19.5 Å². The Labute approximate surface area is 166 Å². The summed E-state index contributed by atoms with van der Waals surface area (Å²) in [5.74, 6) is -0.236. The number of fused-ring (bicyclic) bond motifs is 1. The molecule has 1 aromatic heterocycles. The molecule has 2 aromatic carbocycles. The van der Waals surface area contributed by atoms with Gasteiger partial charge in [-0.2, -0.15) is 0 Å². The summed E-state index contributed by atoms with van der Waals surface area (Å²) in [6, 6.07) is 12.0. The van der Waals surface area contributed by atoms with Crippen LogP contribution in [0, 0.1) is 10.1 Å². The third-order valence-corrected chi connectivity index (χ3v) is 5.45. The number of likely N-dealkylation sites (tertiary alicyclic amines) is 1. The molecule has 2 N–H and O–H groups in total. The number of nitrogens with one attached hydrogen (secondary N) is 2. The molecule has 3 aromatic rings. The average Bonchev–Trinajstić information content (AvgIpc) is 3.08. The lowest BCUT2D eigenvalue weighted by Gasteiger charge is -2.32. The van der Waals surface area contributed by atoms with Gasteiger partial charge in [0.15, 0.2) is 0 Å². The van der Waals surface area contributed by atoms with Crippen LogP contribution in [0.25, 0.3) is 11.0 Å². The summed E-state index contributed by atoms with van der Waals surface area (Å²) < 4.78 is 1.77. The maximum Gasteiger partial charge on any atom is 0.326 e. The Bertz CT molecular complexity index is 1140. The molecule has 0 spiro atoms. The highest BCUT2D eigenvalue weighted by Crippen LogP contribution is 2.28. The van der Waals surface area contributed by atoms with E-state index >= 15 is 0 Å². The minimum atomic E-state index is -0.502. The lowest BCUT2D eigenvalue weighted by Crippen LogP contribution is -2.40. The molecule has 0 radical (unpaired) electrons. The third kappa shape index (κ3) is 3.35. The number of carbonyl (C=O) groups excluding carboxylic acids is 1. The van der Waals surface area contributed by atoms with Gasteiger partial charge in [0.05, 0.1) is 16.0 Å². The molecule has 1 fully saturated rings. The van der Waals surface area contributed by atoms with Crippen molar-refractivity contribution >= 4 is 28.3 Å². The first-order chi connectivity index (χ1) is 14.0. The second kappa shape index (κ2) is 7.42. The zero-order chi connectivity index (χ0) is 20.5. The van der Waals surface area contributed by atoms with Crippen LogP contribution in [0.2, 0.25) is 0 Å². The molecular weight excluding hydrogens is 374 g/mol. The molecule has 2 heterocycles. The summed E-state index contributed by atoms with van der Waals surface area (Å²) in [5.41, 5.74) is 2.05. The highest BCUT2D eigenvalue weighted by molar-refractivity contribution is 5.95. The van der Waals surface area contributed by atoms with E-state index in [1.165, 1.54) is 6.07 Å². The molecule has 0 unspecified atom stereocenters. The number of carbonyl (C=O) groups is 1. The van der Waals surface area contributed by atoms with Crippen molar-refractivity contribution in [2.75, 3.05) is 25.5 Å². The Hall–Kier alpha value is -3.62. The molecule has 29 heavy (non-hydrogen) atoms. The molecule has 0 aliphatic carbocycles. The van der Waals surface area contributed by atoms with Gasteiger partial charge < -0.3 is 15.2 Å². The quantitative estimate of drug-likeness (QED) is 0.521. The fourth-order valence-corrected chi connectivity index (χ4v) is 3.97. The number of benzene rings is 2. The van der Waals surface area contributed by atoms with Crippen LogP contribution < -0.4 is 11.0 Å². The van der Waals surface area contributed by atoms with Crippen LogP contribution in [0.5, 0.6) is 0 Å². The van der Waals surface area contributed by atoms with E-state index in [1.54, 1.807) is 28.6 Å². The molecule has 0 bridgehead atoms. The summed E-state index contributed by atoms with van der Waals surface area (Å²) in [5, 5.41) is 14.0. The zero-order valence-corrected chi connectivity index (χ0v) is 15.9. The van der Waals surface area contributed by atoms with Gasteiger partial charge in [-0.05, 0) is 37.1 Å². The van der Waals surface area contributed by atoms with Crippen LogP contribution in [0.1, 0.15) is 29.2 Å². The molecule has 1 amide bonds. The maximum atomic E-state index is 12.9. The van der Waals surface area contributed by atoms with E-state index in [4.69, 9.17) is 0 Å². The predicted molar refractivity (Wildman–Crippen MR) is 109 cm³/mol. The van der Waals surface area contributed by atoms with Gasteiger partial charge in [-0.1, -0.05) is 12.1 Å². The first-order valence-electron chi connectivity index (χ1n) is 9.44. The Morgan fingerprint density at radius 2 is 1.93 bits per heavy atom. The lowest BCUT2D eigenvalue weighted by molar-refractivity contribution is -0.384. The Morgan fingerprint density at radius 1 is 1.21 bits per heavy atom. The molecule has 9 heteroatoms. The number of aromatic amines is 1. The van der Waals surface area contributed by atoms with Crippen LogP contribution in [0.4, 0.5) is 11.4 Å². The summed E-state index contributed by atoms with van der Waals surface area (Å²) in [6.07, 6.45) is 1.29. The number of aromatic nitrogens is 2. The van der Waals surface area contributed by atoms with Crippen molar-refractivity contribution < 1.29 is 9.72 Å². The number of hydrogen-bond donors (Lipinski definition) is 2. The number of nitro groups is 1. The Morgan fingerprint density at radius 3 is 2.62 bits per heavy atom. The molecular formula is C20H21N5O4. The van der Waals surface area contributed by atoms with Gasteiger partial charge in [-0.25, -0.2) is 4.79 Å². The highest BCUT2D eigenvalue weighted by atomic mass is 16.6. The number of amides is 1. The van der Waals surface area contributed by atoms with Gasteiger partial charge in [0.1, 0.15) is 5.69 Å². The first kappa shape index (κ1) is 18.7. The first-order valence-corrected chi connectivity index (χ1v) is 9.44. The van der Waals surface area contributed by atoms with Crippen LogP contribution in [0.15, 0.2) is 47.3 Å². The number of H-pyrrole nitrogens is 1. The average molecular weight is 395 g/mol. The number of anilines is 1. The van der Waals surface area contributed by atoms with E-state index in [2.05, 4.69) is 10.3 Å². The molecule has 9 nitrogen and oxygen atoms in total. The maximum absolute atomic E-state index is 12.9. The molecule has 1 aliphatic rings. The van der Waals surface area contributed by atoms with Crippen molar-refractivity contribution in [1.82, 2.24) is 14.5 Å². The molecule has 1 saturated heterocycles. The number of hydrogen-bond acceptors (Lipinski definition) is 5. The molecule has 0 atom stereocenters. The van der Waals surface area contributed by atoms with Gasteiger partial charge >= 0.3 is 5.69 Å². The lowest BCUT2D eigenvalue weighted by atomic mass is 10.0. The van der Waals surface area contributed by atoms with Gasteiger partial charge in [0, 0.05) is 37.8 Å². The van der Waals surface area contributed by atoms with Crippen molar-refractivity contribution in [3.63, 3.8) is 0 Å². The van der Waals surface area contributed by atoms with Crippen molar-refractivity contribution in [2.24, 2.45) is 0 Å². The number of rotatable bonds is 4. The molecule has 0 saturated carbocycles. The summed E-state index contributed by atoms with van der Waals surface area (Å²) in [6.45, 7) is 0.966. The number of para-hydroxylation sites is 2. The van der Waals surface area contributed by atoms with Crippen LogP contribution in [-0.2, 0) is 0 Å². The van der Waals surface area contributed by atoms with E-state index in [1.807, 2.05) is 24.3 Å². The second-order valence-corrected chi connectivity index (χ2v) is 7.08. The van der Waals surface area contributed by atoms with E-state index < -0.39 is 4.92 Å². The number of nitro benzene ring substituents is 1. The number of imidazole rings is 1. The largest absolute Gasteiger partial charge is 0.383 e. The Balaban J connectivity index is 1.52. The molecule has 4 rings (SSSR count). The van der Waals surface area contributed by atoms with E-state index in [0.717, 1.165) is 11.0 Å². The van der Waals surface area contributed by atoms with Gasteiger partial charge in [0.2, 0.25) is 0 Å². The molecule has 150 valence electrons. The van der Waals surface area contributed by atoms with Crippen LogP contribution >= 0.6 is 0 Å². The van der Waals surface area contributed by atoms with Crippen molar-refractivity contribution in [2.45, 2.75) is 18.9 Å². The van der Waals surface area contributed by atoms with Gasteiger partial charge in [-0.15, -0.1) is 0 Å². The smallest absolute Gasteiger partial charge is 0.326 e. The predicted octanol–water partition coefficient (Wildman–Crippen LogP) is 2.76. The van der Waals surface area contributed by atoms with Crippen LogP contribution in [-0.4, -0.2) is 45.4 Å². The van der Waals surface area contributed by atoms with E-state index in [0.29, 0.717) is 37.2 Å². The summed E-state index contributed by atoms with van der Waals surface area (Å²) in [7, 11) is 1.60. The number of nitrogens with zero attached hydrogens (tertiary/aromatic N) is 3. The fourth-order valence-electron chi connectivity index (χ4n) is 3.97. The monoisotopic (exact) mass is 395 g/mol. The summed E-state index contributed by atoms with van der Waals surface area (Å²) in [4.78, 5) is 40.6. The standard InChI is InChI=1S/C20H21N5O4/c1-21-15-7-6-13(12-18(15)25(28)29)19(26)23-10-8-14(9-11-23)24-17-5-3-2-4-16(17)22-20(24)27/h2-7,12,14,21H,8-11H2,1H3,(H,22,27). The van der Waals surface area contributed by atoms with Crippen molar-refractivity contribution in [3.8, 4) is 0 Å². The minimum absolute atomic E-state index is 0.00343. The topological polar surface area (TPSA) is 113 Å². The van der Waals surface area contributed by atoms with E-state index in [9.17, 15) is 19.7 Å². The van der Waals surface area contributed by atoms with Gasteiger partial charge in [0.25, 0.3) is 11.6 Å². The highest BCUT2D eigenvalue weighted by Gasteiger charge is 2.27. The fraction of sp³-hybridized carbons (Fsp3) is 0.300. The van der Waals surface area contributed by atoms with Crippen molar-refractivity contribution in [3.05, 3.63) is 68.6 Å². The number of piperidine rings is 1. The molecule has 1 aliphatic heterocycles. The summed E-state index contributed by atoms with van der Waals surface area (Å²) >= 11 is 0. The Kier molecular flexibility index (Phi) is 4.79. The van der Waals surface area contributed by atoms with E-state index in [-0.39, 0.29) is 23.3 Å².